The second kappa shape index (κ2) is 5.49. The van der Waals surface area contributed by atoms with E-state index in [9.17, 15) is 9.18 Å². The van der Waals surface area contributed by atoms with E-state index in [0.29, 0.717) is 12.3 Å². The van der Waals surface area contributed by atoms with Gasteiger partial charge >= 0.3 is 0 Å². The minimum atomic E-state index is -0.872. The Morgan fingerprint density at radius 3 is 2.63 bits per heavy atom. The van der Waals surface area contributed by atoms with E-state index in [2.05, 4.69) is 0 Å². The molecule has 0 aliphatic rings. The Morgan fingerprint density at radius 1 is 1.21 bits per heavy atom. The third kappa shape index (κ3) is 2.89. The van der Waals surface area contributed by atoms with E-state index >= 15 is 0 Å². The summed E-state index contributed by atoms with van der Waals surface area (Å²) in [6.07, 6.45) is 0. The van der Waals surface area contributed by atoms with Crippen LogP contribution in [0.5, 0.6) is 11.5 Å². The SMILES string of the molecule is NCc1cccc(Oc2cccc(F)c2C(N)=O)c1. The molecule has 0 aliphatic carbocycles. The van der Waals surface area contributed by atoms with E-state index in [1.54, 1.807) is 18.2 Å². The average molecular weight is 260 g/mol. The largest absolute Gasteiger partial charge is 0.456 e. The number of hydrogen-bond donors (Lipinski definition) is 2. The highest BCUT2D eigenvalue weighted by Gasteiger charge is 2.15. The Morgan fingerprint density at radius 2 is 1.95 bits per heavy atom. The fourth-order valence-electron chi connectivity index (χ4n) is 1.69. The van der Waals surface area contributed by atoms with Crippen LogP contribution in [0.4, 0.5) is 4.39 Å². The van der Waals surface area contributed by atoms with E-state index in [-0.39, 0.29) is 11.3 Å². The van der Waals surface area contributed by atoms with Crippen LogP contribution in [0.2, 0.25) is 0 Å². The normalized spacial score (nSPS) is 10.2. The van der Waals surface area contributed by atoms with Crippen molar-refractivity contribution in [2.24, 2.45) is 11.5 Å². The Labute approximate surface area is 109 Å². The zero-order valence-corrected chi connectivity index (χ0v) is 10.1. The average Bonchev–Trinajstić information content (AvgIpc) is 2.38. The van der Waals surface area contributed by atoms with Crippen molar-refractivity contribution >= 4 is 5.91 Å². The van der Waals surface area contributed by atoms with Gasteiger partial charge in [-0.25, -0.2) is 4.39 Å². The van der Waals surface area contributed by atoms with E-state index in [1.165, 1.54) is 12.1 Å². The molecule has 0 spiro atoms. The molecule has 5 heteroatoms. The number of benzene rings is 2. The molecule has 0 atom stereocenters. The molecule has 4 nitrogen and oxygen atoms in total. The van der Waals surface area contributed by atoms with E-state index in [0.717, 1.165) is 11.6 Å². The number of carbonyl (C=O) groups excluding carboxylic acids is 1. The van der Waals surface area contributed by atoms with Gasteiger partial charge in [0.15, 0.2) is 0 Å². The van der Waals surface area contributed by atoms with Gasteiger partial charge < -0.3 is 16.2 Å². The zero-order chi connectivity index (χ0) is 13.8. The van der Waals surface area contributed by atoms with Crippen molar-refractivity contribution in [1.82, 2.24) is 0 Å². The molecule has 0 radical (unpaired) electrons. The van der Waals surface area contributed by atoms with Gasteiger partial charge in [-0.15, -0.1) is 0 Å². The van der Waals surface area contributed by atoms with Crippen LogP contribution in [-0.4, -0.2) is 5.91 Å². The van der Waals surface area contributed by atoms with Crippen LogP contribution in [0.15, 0.2) is 42.5 Å². The van der Waals surface area contributed by atoms with Gasteiger partial charge in [-0.1, -0.05) is 18.2 Å². The smallest absolute Gasteiger partial charge is 0.255 e. The molecule has 0 unspecified atom stereocenters. The van der Waals surface area contributed by atoms with Crippen LogP contribution < -0.4 is 16.2 Å². The number of rotatable bonds is 4. The second-order valence-electron chi connectivity index (χ2n) is 3.93. The quantitative estimate of drug-likeness (QED) is 0.884. The molecule has 0 aromatic heterocycles. The molecule has 0 saturated carbocycles. The topological polar surface area (TPSA) is 78.3 Å². The van der Waals surface area contributed by atoms with Crippen molar-refractivity contribution in [3.63, 3.8) is 0 Å². The third-order valence-corrected chi connectivity index (χ3v) is 2.58. The molecule has 2 aromatic carbocycles. The Kier molecular flexibility index (Phi) is 3.77. The first kappa shape index (κ1) is 13.0. The van der Waals surface area contributed by atoms with Gasteiger partial charge in [0, 0.05) is 6.54 Å². The molecule has 19 heavy (non-hydrogen) atoms. The minimum absolute atomic E-state index is 0.0849. The second-order valence-corrected chi connectivity index (χ2v) is 3.93. The fourth-order valence-corrected chi connectivity index (χ4v) is 1.69. The monoisotopic (exact) mass is 260 g/mol. The van der Waals surface area contributed by atoms with Crippen molar-refractivity contribution in [1.29, 1.82) is 0 Å². The number of halogens is 1. The summed E-state index contributed by atoms with van der Waals surface area (Å²) in [5, 5.41) is 0. The van der Waals surface area contributed by atoms with E-state index < -0.39 is 11.7 Å². The zero-order valence-electron chi connectivity index (χ0n) is 10.1. The van der Waals surface area contributed by atoms with Crippen molar-refractivity contribution in [2.45, 2.75) is 6.54 Å². The van der Waals surface area contributed by atoms with Gasteiger partial charge in [-0.2, -0.15) is 0 Å². The molecule has 4 N–H and O–H groups in total. The predicted octanol–water partition coefficient (Wildman–Crippen LogP) is 2.18. The summed E-state index contributed by atoms with van der Waals surface area (Å²) in [6.45, 7) is 0.364. The summed E-state index contributed by atoms with van der Waals surface area (Å²) in [6, 6.07) is 11.1. The molecule has 0 bridgehead atoms. The summed E-state index contributed by atoms with van der Waals surface area (Å²) < 4.78 is 19.0. The summed E-state index contributed by atoms with van der Waals surface area (Å²) in [7, 11) is 0. The highest BCUT2D eigenvalue weighted by molar-refractivity contribution is 5.96. The maximum atomic E-state index is 13.5. The van der Waals surface area contributed by atoms with Crippen LogP contribution in [0.25, 0.3) is 0 Å². The van der Waals surface area contributed by atoms with Crippen molar-refractivity contribution in [3.8, 4) is 11.5 Å². The molecule has 0 aliphatic heterocycles. The maximum absolute atomic E-state index is 13.5. The van der Waals surface area contributed by atoms with Gasteiger partial charge in [0.25, 0.3) is 5.91 Å². The molecule has 98 valence electrons. The molecule has 0 heterocycles. The molecular formula is C14H13FN2O2. The lowest BCUT2D eigenvalue weighted by Crippen LogP contribution is -2.14. The number of ether oxygens (including phenoxy) is 1. The third-order valence-electron chi connectivity index (χ3n) is 2.58. The number of carbonyl (C=O) groups is 1. The van der Waals surface area contributed by atoms with Crippen LogP contribution in [0.3, 0.4) is 0 Å². The molecule has 0 saturated heterocycles. The Bertz CT molecular complexity index is 614. The first-order valence-corrected chi connectivity index (χ1v) is 5.67. The van der Waals surface area contributed by atoms with Gasteiger partial charge in [-0.3, -0.25) is 4.79 Å². The van der Waals surface area contributed by atoms with Gasteiger partial charge in [0.05, 0.1) is 0 Å². The first-order chi connectivity index (χ1) is 9.11. The maximum Gasteiger partial charge on any atom is 0.255 e. The molecule has 2 rings (SSSR count). The minimum Gasteiger partial charge on any atom is -0.456 e. The summed E-state index contributed by atoms with van der Waals surface area (Å²) in [5.74, 6) is -1.03. The highest BCUT2D eigenvalue weighted by atomic mass is 19.1. The van der Waals surface area contributed by atoms with E-state index in [4.69, 9.17) is 16.2 Å². The van der Waals surface area contributed by atoms with Crippen molar-refractivity contribution in [3.05, 3.63) is 59.4 Å². The summed E-state index contributed by atoms with van der Waals surface area (Å²) >= 11 is 0. The summed E-state index contributed by atoms with van der Waals surface area (Å²) in [5.41, 5.74) is 11.3. The number of nitrogens with two attached hydrogens (primary N) is 2. The molecule has 2 aromatic rings. The van der Waals surface area contributed by atoms with Crippen molar-refractivity contribution < 1.29 is 13.9 Å². The van der Waals surface area contributed by atoms with Crippen LogP contribution in [0, 0.1) is 5.82 Å². The van der Waals surface area contributed by atoms with E-state index in [1.807, 2.05) is 6.07 Å². The molecule has 1 amide bonds. The Balaban J connectivity index is 2.38. The number of primary amides is 1. The Hall–Kier alpha value is -2.40. The lowest BCUT2D eigenvalue weighted by Gasteiger charge is -2.10. The lowest BCUT2D eigenvalue weighted by molar-refractivity contribution is 0.0994. The lowest BCUT2D eigenvalue weighted by atomic mass is 10.1. The van der Waals surface area contributed by atoms with Gasteiger partial charge in [-0.05, 0) is 29.8 Å². The predicted molar refractivity (Wildman–Crippen MR) is 69.3 cm³/mol. The van der Waals surface area contributed by atoms with Crippen molar-refractivity contribution in [2.75, 3.05) is 0 Å². The van der Waals surface area contributed by atoms with Crippen LogP contribution in [-0.2, 0) is 6.54 Å². The fraction of sp³-hybridized carbons (Fsp3) is 0.0714. The van der Waals surface area contributed by atoms with Gasteiger partial charge in [0.1, 0.15) is 22.9 Å². The summed E-state index contributed by atoms with van der Waals surface area (Å²) in [4.78, 5) is 11.2. The van der Waals surface area contributed by atoms with Gasteiger partial charge in [0.2, 0.25) is 0 Å². The standard InChI is InChI=1S/C14H13FN2O2/c15-11-5-2-6-12(13(11)14(17)18)19-10-4-1-3-9(7-10)8-16/h1-7H,8,16H2,(H2,17,18). The number of hydrogen-bond acceptors (Lipinski definition) is 3. The molecular weight excluding hydrogens is 247 g/mol. The van der Waals surface area contributed by atoms with Crippen LogP contribution >= 0.6 is 0 Å². The molecule has 0 fully saturated rings. The first-order valence-electron chi connectivity index (χ1n) is 5.67. The van der Waals surface area contributed by atoms with Crippen LogP contribution in [0.1, 0.15) is 15.9 Å². The highest BCUT2D eigenvalue weighted by Crippen LogP contribution is 2.27. The number of amides is 1.